The summed E-state index contributed by atoms with van der Waals surface area (Å²) in [6.07, 6.45) is -1.12. The van der Waals surface area contributed by atoms with Gasteiger partial charge in [0.05, 0.1) is 38.4 Å². The number of nitrogen functional groups attached to an aromatic ring is 1. The number of ether oxygens (including phenoxy) is 2. The number of anilines is 1. The standard InChI is InChI=1S/C29H42N9O9P/c1-6-9-15-20(19-13-11-10-12-14-19)47-48(41,35-18(4)26(40)46-43-8-3)44-16-21-23(39)29(5,36-37-31)27(45-21)38-17-32-22-24(38)33-28(30)34-25(22)42-7-2/h10-14,17-18,20-21,23,27,39H,6-9,15-16H2,1-5H3,(H,35,41)(H2,30,33,34)/t18-,20?,21+,23+,27+,29+,48?/m0/s1. The maximum absolute atomic E-state index is 14.4. The molecule has 4 rings (SSSR count). The first-order valence-electron chi connectivity index (χ1n) is 15.6. The second kappa shape index (κ2) is 16.5. The number of rotatable bonds is 18. The molecule has 7 atom stereocenters. The lowest BCUT2D eigenvalue weighted by atomic mass is 9.93. The Labute approximate surface area is 277 Å². The highest BCUT2D eigenvalue weighted by Crippen LogP contribution is 2.51. The Morgan fingerprint density at radius 3 is 2.69 bits per heavy atom. The number of aliphatic hydroxyl groups is 1. The average Bonchev–Trinajstić information content (AvgIpc) is 3.59. The molecule has 0 spiro atoms. The number of benzene rings is 1. The van der Waals surface area contributed by atoms with E-state index in [0.717, 1.165) is 18.4 Å². The molecule has 0 saturated carbocycles. The van der Waals surface area contributed by atoms with Crippen LogP contribution in [0.1, 0.15) is 71.8 Å². The van der Waals surface area contributed by atoms with Gasteiger partial charge in [0, 0.05) is 4.91 Å². The van der Waals surface area contributed by atoms with E-state index >= 15 is 0 Å². The number of nitrogens with zero attached hydrogens (tertiary/aromatic N) is 7. The minimum atomic E-state index is -4.37. The number of nitrogens with one attached hydrogen (secondary N) is 1. The summed E-state index contributed by atoms with van der Waals surface area (Å²) in [5, 5.41) is 18.0. The van der Waals surface area contributed by atoms with E-state index in [9.17, 15) is 20.0 Å². The van der Waals surface area contributed by atoms with Gasteiger partial charge in [-0.3, -0.25) is 18.5 Å². The number of hydrogen-bond acceptors (Lipinski definition) is 14. The molecule has 19 heteroatoms. The smallest absolute Gasteiger partial charge is 0.406 e. The summed E-state index contributed by atoms with van der Waals surface area (Å²) in [4.78, 5) is 37.7. The number of hydrogen-bond donors (Lipinski definition) is 3. The third-order valence-electron chi connectivity index (χ3n) is 7.59. The molecule has 1 saturated heterocycles. The van der Waals surface area contributed by atoms with Crippen molar-refractivity contribution in [3.8, 4) is 5.88 Å². The van der Waals surface area contributed by atoms with Crippen molar-refractivity contribution in [3.63, 3.8) is 0 Å². The van der Waals surface area contributed by atoms with Crippen LogP contribution in [0.15, 0.2) is 41.8 Å². The van der Waals surface area contributed by atoms with Gasteiger partial charge >= 0.3 is 13.7 Å². The van der Waals surface area contributed by atoms with E-state index in [0.29, 0.717) is 6.42 Å². The number of carbonyl (C=O) groups excluding carboxylic acids is 1. The van der Waals surface area contributed by atoms with E-state index in [4.69, 9.17) is 34.0 Å². The highest BCUT2D eigenvalue weighted by molar-refractivity contribution is 7.51. The number of carbonyl (C=O) groups is 1. The van der Waals surface area contributed by atoms with Gasteiger partial charge in [-0.15, -0.1) is 0 Å². The molecule has 0 radical (unpaired) electrons. The zero-order valence-corrected chi connectivity index (χ0v) is 28.4. The minimum absolute atomic E-state index is 0.103. The first-order chi connectivity index (χ1) is 23.0. The normalized spacial score (nSPS) is 23.2. The Hall–Kier alpha value is -3.86. The van der Waals surface area contributed by atoms with Crippen molar-refractivity contribution in [2.75, 3.05) is 25.6 Å². The number of aliphatic hydroxyl groups excluding tert-OH is 1. The van der Waals surface area contributed by atoms with E-state index in [1.807, 2.05) is 37.3 Å². The van der Waals surface area contributed by atoms with E-state index in [-0.39, 0.29) is 36.2 Å². The van der Waals surface area contributed by atoms with Crippen molar-refractivity contribution in [1.29, 1.82) is 0 Å². The highest BCUT2D eigenvalue weighted by atomic mass is 31.2. The number of imidazole rings is 1. The van der Waals surface area contributed by atoms with E-state index < -0.39 is 56.4 Å². The zero-order valence-electron chi connectivity index (χ0n) is 27.5. The summed E-state index contributed by atoms with van der Waals surface area (Å²) in [5.41, 5.74) is 15.0. The second-order valence-electron chi connectivity index (χ2n) is 11.1. The van der Waals surface area contributed by atoms with Crippen molar-refractivity contribution in [3.05, 3.63) is 52.7 Å². The molecule has 1 aliphatic rings. The van der Waals surface area contributed by atoms with Crippen LogP contribution in [0.5, 0.6) is 5.88 Å². The van der Waals surface area contributed by atoms with Crippen molar-refractivity contribution in [2.45, 2.75) is 90.0 Å². The van der Waals surface area contributed by atoms with Gasteiger partial charge in [0.2, 0.25) is 11.8 Å². The molecular weight excluding hydrogens is 649 g/mol. The molecule has 2 unspecified atom stereocenters. The van der Waals surface area contributed by atoms with E-state index in [1.165, 1.54) is 24.7 Å². The largest absolute Gasteiger partial charge is 0.476 e. The summed E-state index contributed by atoms with van der Waals surface area (Å²) < 4.78 is 39.7. The van der Waals surface area contributed by atoms with Gasteiger partial charge in [-0.2, -0.15) is 14.9 Å². The van der Waals surface area contributed by atoms with Crippen LogP contribution in [0, 0.1) is 0 Å². The SMILES string of the molecule is CCCCC(OP(=O)(N[C@@H](C)C(=O)OOCC)OC[C@H]1O[C@@H](n2cnc3c(OCC)nc(N)nc32)[C@](C)(N=[N+]=[N-])[C@@H]1O)c1ccccc1. The fraction of sp³-hybridized carbons (Fsp3) is 0.586. The lowest BCUT2D eigenvalue weighted by Crippen LogP contribution is -2.43. The summed E-state index contributed by atoms with van der Waals surface area (Å²) in [6.45, 7) is 8.19. The molecule has 3 aromatic rings. The fourth-order valence-corrected chi connectivity index (χ4v) is 6.83. The Balaban J connectivity index is 1.65. The highest BCUT2D eigenvalue weighted by Gasteiger charge is 2.55. The molecule has 18 nitrogen and oxygen atoms in total. The van der Waals surface area contributed by atoms with Crippen LogP contribution in [-0.4, -0.2) is 74.2 Å². The predicted molar refractivity (Wildman–Crippen MR) is 172 cm³/mol. The Morgan fingerprint density at radius 1 is 1.27 bits per heavy atom. The topological polar surface area (TPSA) is 240 Å². The van der Waals surface area contributed by atoms with Crippen molar-refractivity contribution in [2.24, 2.45) is 5.11 Å². The Bertz CT molecular complexity index is 1620. The van der Waals surface area contributed by atoms with Crippen LogP contribution < -0.4 is 15.6 Å². The van der Waals surface area contributed by atoms with Crippen LogP contribution in [0.2, 0.25) is 0 Å². The Morgan fingerprint density at radius 2 is 2.02 bits per heavy atom. The zero-order chi connectivity index (χ0) is 34.9. The number of nitrogens with two attached hydrogens (primary N) is 1. The van der Waals surface area contributed by atoms with Gasteiger partial charge in [0.25, 0.3) is 0 Å². The lowest BCUT2D eigenvalue weighted by molar-refractivity contribution is -0.270. The van der Waals surface area contributed by atoms with Gasteiger partial charge in [-0.05, 0) is 45.2 Å². The molecule has 1 aliphatic heterocycles. The molecule has 48 heavy (non-hydrogen) atoms. The van der Waals surface area contributed by atoms with Gasteiger partial charge in [-0.1, -0.05) is 55.2 Å². The maximum Gasteiger partial charge on any atom is 0.406 e. The molecule has 1 aromatic carbocycles. The van der Waals surface area contributed by atoms with Gasteiger partial charge < -0.3 is 20.3 Å². The van der Waals surface area contributed by atoms with Gasteiger partial charge in [0.15, 0.2) is 17.4 Å². The number of unbranched alkanes of at least 4 members (excludes halogenated alkanes) is 1. The van der Waals surface area contributed by atoms with Crippen LogP contribution >= 0.6 is 7.75 Å². The number of fused-ring (bicyclic) bond motifs is 1. The minimum Gasteiger partial charge on any atom is -0.476 e. The van der Waals surface area contributed by atoms with Crippen LogP contribution in [0.3, 0.4) is 0 Å². The molecule has 1 fully saturated rings. The summed E-state index contributed by atoms with van der Waals surface area (Å²) in [7, 11) is -4.37. The number of aromatic nitrogens is 4. The molecule has 2 aromatic heterocycles. The average molecular weight is 692 g/mol. The van der Waals surface area contributed by atoms with Gasteiger partial charge in [-0.25, -0.2) is 19.4 Å². The maximum atomic E-state index is 14.4. The molecular formula is C29H42N9O9P. The summed E-state index contributed by atoms with van der Waals surface area (Å²) in [5.74, 6) is -0.824. The van der Waals surface area contributed by atoms with Crippen molar-refractivity contribution in [1.82, 2.24) is 24.6 Å². The second-order valence-corrected chi connectivity index (χ2v) is 12.9. The monoisotopic (exact) mass is 691 g/mol. The van der Waals surface area contributed by atoms with Crippen LogP contribution in [0.4, 0.5) is 5.95 Å². The molecule has 0 amide bonds. The molecule has 0 bridgehead atoms. The first-order valence-corrected chi connectivity index (χ1v) is 17.2. The van der Waals surface area contributed by atoms with Crippen LogP contribution in [0.25, 0.3) is 21.6 Å². The van der Waals surface area contributed by atoms with Crippen molar-refractivity contribution >= 4 is 30.8 Å². The number of azide groups is 1. The predicted octanol–water partition coefficient (Wildman–Crippen LogP) is 4.68. The third kappa shape index (κ3) is 8.40. The molecule has 4 N–H and O–H groups in total. The molecule has 3 heterocycles. The fourth-order valence-electron chi connectivity index (χ4n) is 5.15. The van der Waals surface area contributed by atoms with E-state index in [2.05, 4.69) is 30.1 Å². The third-order valence-corrected chi connectivity index (χ3v) is 9.31. The summed E-state index contributed by atoms with van der Waals surface area (Å²) >= 11 is 0. The van der Waals surface area contributed by atoms with Gasteiger partial charge in [0.1, 0.15) is 17.7 Å². The lowest BCUT2D eigenvalue weighted by Gasteiger charge is -2.29. The first kappa shape index (κ1) is 37.0. The Kier molecular flexibility index (Phi) is 12.7. The van der Waals surface area contributed by atoms with Crippen molar-refractivity contribution < 1.29 is 42.8 Å². The van der Waals surface area contributed by atoms with E-state index in [1.54, 1.807) is 13.8 Å². The molecule has 0 aliphatic carbocycles. The molecule has 262 valence electrons. The summed E-state index contributed by atoms with van der Waals surface area (Å²) in [6, 6.07) is 7.97. The van der Waals surface area contributed by atoms with Crippen LogP contribution in [-0.2, 0) is 32.9 Å². The quantitative estimate of drug-likeness (QED) is 0.0410.